The number of methoxy groups -OCH3 is 1. The van der Waals surface area contributed by atoms with Crippen LogP contribution in [0.25, 0.3) is 0 Å². The molecule has 9 heteroatoms. The van der Waals surface area contributed by atoms with Crippen LogP contribution in [0, 0.1) is 0 Å². The number of pyridine rings is 1. The standard InChI is InChI=1S/C18H19BrN4O4/c1-23(2)16(24)11-27-17-14(19)8-12(9-15(17)26-3)10-21-22-18(25)13-4-6-20-7-5-13/h4-10H,11H2,1-3H3,(H,22,25). The molecule has 2 amide bonds. The topological polar surface area (TPSA) is 93.1 Å². The van der Waals surface area contributed by atoms with Gasteiger partial charge in [-0.1, -0.05) is 0 Å². The average Bonchev–Trinajstić information content (AvgIpc) is 2.66. The second-order valence-corrected chi connectivity index (χ2v) is 6.40. The summed E-state index contributed by atoms with van der Waals surface area (Å²) in [6, 6.07) is 6.60. The van der Waals surface area contributed by atoms with E-state index < -0.39 is 0 Å². The summed E-state index contributed by atoms with van der Waals surface area (Å²) in [6.07, 6.45) is 4.53. The smallest absolute Gasteiger partial charge is 0.271 e. The van der Waals surface area contributed by atoms with Crippen LogP contribution in [0.15, 0.2) is 46.2 Å². The minimum Gasteiger partial charge on any atom is -0.493 e. The lowest BCUT2D eigenvalue weighted by molar-refractivity contribution is -0.130. The molecule has 0 saturated carbocycles. The molecule has 2 rings (SSSR count). The van der Waals surface area contributed by atoms with Crippen LogP contribution in [0.5, 0.6) is 11.5 Å². The predicted octanol–water partition coefficient (Wildman–Crippen LogP) is 2.08. The van der Waals surface area contributed by atoms with Crippen molar-refractivity contribution in [3.05, 3.63) is 52.3 Å². The molecule has 8 nitrogen and oxygen atoms in total. The van der Waals surface area contributed by atoms with E-state index in [1.165, 1.54) is 30.6 Å². The van der Waals surface area contributed by atoms with Crippen LogP contribution in [0.3, 0.4) is 0 Å². The largest absolute Gasteiger partial charge is 0.493 e. The molecule has 0 bridgehead atoms. The number of hydrogen-bond donors (Lipinski definition) is 1. The molecule has 2 aromatic rings. The molecule has 0 fully saturated rings. The van der Waals surface area contributed by atoms with Gasteiger partial charge in [-0.25, -0.2) is 5.43 Å². The van der Waals surface area contributed by atoms with Crippen molar-refractivity contribution in [2.24, 2.45) is 5.10 Å². The molecule has 0 atom stereocenters. The Hall–Kier alpha value is -2.94. The summed E-state index contributed by atoms with van der Waals surface area (Å²) < 4.78 is 11.5. The summed E-state index contributed by atoms with van der Waals surface area (Å²) in [5, 5.41) is 3.94. The first kappa shape index (κ1) is 20.4. The summed E-state index contributed by atoms with van der Waals surface area (Å²) in [6.45, 7) is -0.114. The van der Waals surface area contributed by atoms with Crippen molar-refractivity contribution in [3.8, 4) is 11.5 Å². The number of halogens is 1. The number of carbonyl (C=O) groups is 2. The Balaban J connectivity index is 2.08. The first-order chi connectivity index (χ1) is 12.9. The first-order valence-corrected chi connectivity index (χ1v) is 8.65. The van der Waals surface area contributed by atoms with E-state index in [0.717, 1.165) is 0 Å². The molecule has 1 heterocycles. The number of benzene rings is 1. The zero-order chi connectivity index (χ0) is 19.8. The van der Waals surface area contributed by atoms with Gasteiger partial charge in [0.15, 0.2) is 18.1 Å². The van der Waals surface area contributed by atoms with Crippen molar-refractivity contribution in [1.82, 2.24) is 15.3 Å². The highest BCUT2D eigenvalue weighted by molar-refractivity contribution is 9.10. The number of amides is 2. The Morgan fingerprint density at radius 3 is 2.63 bits per heavy atom. The molecule has 0 radical (unpaired) electrons. The lowest BCUT2D eigenvalue weighted by Gasteiger charge is -2.15. The molecule has 1 N–H and O–H groups in total. The van der Waals surface area contributed by atoms with Crippen LogP contribution in [0.4, 0.5) is 0 Å². The number of rotatable bonds is 7. The van der Waals surface area contributed by atoms with Gasteiger partial charge in [0.2, 0.25) is 0 Å². The van der Waals surface area contributed by atoms with Gasteiger partial charge in [0.1, 0.15) is 0 Å². The van der Waals surface area contributed by atoms with Crippen LogP contribution in [-0.4, -0.2) is 55.7 Å². The zero-order valence-electron chi connectivity index (χ0n) is 15.1. The lowest BCUT2D eigenvalue weighted by Crippen LogP contribution is -2.27. The molecule has 0 saturated heterocycles. The highest BCUT2D eigenvalue weighted by atomic mass is 79.9. The summed E-state index contributed by atoms with van der Waals surface area (Å²) >= 11 is 3.40. The maximum absolute atomic E-state index is 11.9. The van der Waals surface area contributed by atoms with E-state index in [1.807, 2.05) is 0 Å². The normalized spacial score (nSPS) is 10.5. The second kappa shape index (κ2) is 9.67. The Morgan fingerprint density at radius 2 is 2.00 bits per heavy atom. The molecule has 1 aromatic heterocycles. The fraction of sp³-hybridized carbons (Fsp3) is 0.222. The van der Waals surface area contributed by atoms with E-state index in [1.54, 1.807) is 38.4 Å². The van der Waals surface area contributed by atoms with E-state index in [-0.39, 0.29) is 18.4 Å². The average molecular weight is 435 g/mol. The number of ether oxygens (including phenoxy) is 2. The van der Waals surface area contributed by atoms with Gasteiger partial charge < -0.3 is 14.4 Å². The van der Waals surface area contributed by atoms with Gasteiger partial charge in [-0.3, -0.25) is 14.6 Å². The minimum atomic E-state index is -0.346. The summed E-state index contributed by atoms with van der Waals surface area (Å²) in [5.41, 5.74) is 3.56. The van der Waals surface area contributed by atoms with Crippen molar-refractivity contribution in [2.45, 2.75) is 0 Å². The zero-order valence-corrected chi connectivity index (χ0v) is 16.7. The fourth-order valence-corrected chi connectivity index (χ4v) is 2.52. The monoisotopic (exact) mass is 434 g/mol. The van der Waals surface area contributed by atoms with Crippen molar-refractivity contribution in [2.75, 3.05) is 27.8 Å². The van der Waals surface area contributed by atoms with Gasteiger partial charge in [-0.15, -0.1) is 0 Å². The third kappa shape index (κ3) is 5.78. The highest BCUT2D eigenvalue weighted by Gasteiger charge is 2.14. The lowest BCUT2D eigenvalue weighted by atomic mass is 10.2. The molecule has 0 spiro atoms. The second-order valence-electron chi connectivity index (χ2n) is 5.55. The maximum Gasteiger partial charge on any atom is 0.271 e. The fourth-order valence-electron chi connectivity index (χ4n) is 1.95. The van der Waals surface area contributed by atoms with Crippen LogP contribution in [0.2, 0.25) is 0 Å². The van der Waals surface area contributed by atoms with Crippen LogP contribution in [-0.2, 0) is 4.79 Å². The Bertz CT molecular complexity index is 841. The van der Waals surface area contributed by atoms with Crippen molar-refractivity contribution in [1.29, 1.82) is 0 Å². The van der Waals surface area contributed by atoms with Crippen LogP contribution in [0.1, 0.15) is 15.9 Å². The SMILES string of the molecule is COc1cc(C=NNC(=O)c2ccncc2)cc(Br)c1OCC(=O)N(C)C. The van der Waals surface area contributed by atoms with Crippen LogP contribution >= 0.6 is 15.9 Å². The Morgan fingerprint density at radius 1 is 1.30 bits per heavy atom. The molecule has 0 aliphatic rings. The quantitative estimate of drug-likeness (QED) is 0.531. The molecular weight excluding hydrogens is 416 g/mol. The third-order valence-electron chi connectivity index (χ3n) is 3.41. The molecule has 142 valence electrons. The summed E-state index contributed by atoms with van der Waals surface area (Å²) in [5.74, 6) is 0.318. The maximum atomic E-state index is 11.9. The van der Waals surface area contributed by atoms with Gasteiger partial charge in [0, 0.05) is 32.1 Å². The molecule has 27 heavy (non-hydrogen) atoms. The van der Waals surface area contributed by atoms with Crippen molar-refractivity contribution < 1.29 is 19.1 Å². The van der Waals surface area contributed by atoms with Gasteiger partial charge in [-0.05, 0) is 45.8 Å². The molecule has 1 aromatic carbocycles. The van der Waals surface area contributed by atoms with E-state index in [9.17, 15) is 9.59 Å². The summed E-state index contributed by atoms with van der Waals surface area (Å²) in [4.78, 5) is 28.9. The number of carbonyl (C=O) groups excluding carboxylic acids is 2. The van der Waals surface area contributed by atoms with Crippen molar-refractivity contribution in [3.63, 3.8) is 0 Å². The minimum absolute atomic E-state index is 0.114. The van der Waals surface area contributed by atoms with Crippen molar-refractivity contribution >= 4 is 34.0 Å². The van der Waals surface area contributed by atoms with E-state index in [4.69, 9.17) is 9.47 Å². The van der Waals surface area contributed by atoms with Gasteiger partial charge in [-0.2, -0.15) is 5.10 Å². The van der Waals surface area contributed by atoms with E-state index >= 15 is 0 Å². The number of likely N-dealkylation sites (N-methyl/N-ethyl adjacent to an activating group) is 1. The molecular formula is C18H19BrN4O4. The Kier molecular flexibility index (Phi) is 7.30. The molecule has 0 aliphatic carbocycles. The summed E-state index contributed by atoms with van der Waals surface area (Å²) in [7, 11) is 4.80. The van der Waals surface area contributed by atoms with Gasteiger partial charge >= 0.3 is 0 Å². The van der Waals surface area contributed by atoms with Gasteiger partial charge in [0.05, 0.1) is 17.8 Å². The van der Waals surface area contributed by atoms with E-state index in [2.05, 4.69) is 31.4 Å². The predicted molar refractivity (Wildman–Crippen MR) is 104 cm³/mol. The number of aromatic nitrogens is 1. The molecule has 0 unspecified atom stereocenters. The highest BCUT2D eigenvalue weighted by Crippen LogP contribution is 2.36. The van der Waals surface area contributed by atoms with Crippen LogP contribution < -0.4 is 14.9 Å². The third-order valence-corrected chi connectivity index (χ3v) is 4.00. The number of hydrazone groups is 1. The number of nitrogens with zero attached hydrogens (tertiary/aromatic N) is 3. The number of nitrogens with one attached hydrogen (secondary N) is 1. The first-order valence-electron chi connectivity index (χ1n) is 7.86. The molecule has 0 aliphatic heterocycles. The van der Waals surface area contributed by atoms with E-state index in [0.29, 0.717) is 27.1 Å². The number of hydrogen-bond acceptors (Lipinski definition) is 6. The Labute approximate surface area is 165 Å². The van der Waals surface area contributed by atoms with Gasteiger partial charge in [0.25, 0.3) is 11.8 Å².